The zero-order chi connectivity index (χ0) is 15.1. The fraction of sp³-hybridized carbons (Fsp3) is 0.533. The molecule has 1 aromatic carbocycles. The van der Waals surface area contributed by atoms with Crippen molar-refractivity contribution in [2.75, 3.05) is 26.8 Å². The molecule has 0 aliphatic rings. The van der Waals surface area contributed by atoms with Gasteiger partial charge >= 0.3 is 0 Å². The Balaban J connectivity index is 0.00000400. The van der Waals surface area contributed by atoms with Gasteiger partial charge in [-0.05, 0) is 19.4 Å². The Kier molecular flexibility index (Phi) is 9.21. The van der Waals surface area contributed by atoms with Gasteiger partial charge in [0.2, 0.25) is 5.91 Å². The molecule has 3 N–H and O–H groups in total. The van der Waals surface area contributed by atoms with Crippen LogP contribution in [0.4, 0.5) is 0 Å². The van der Waals surface area contributed by atoms with Crippen molar-refractivity contribution in [2.24, 2.45) is 5.73 Å². The summed E-state index contributed by atoms with van der Waals surface area (Å²) in [5.74, 6) is -0.208. The molecular weight excluding hydrogens is 292 g/mol. The number of aliphatic hydroxyl groups excluding tert-OH is 1. The second kappa shape index (κ2) is 9.73. The molecular formula is C15H25ClN2O3. The van der Waals surface area contributed by atoms with Crippen LogP contribution < -0.4 is 5.73 Å². The number of amides is 1. The van der Waals surface area contributed by atoms with E-state index in [4.69, 9.17) is 10.5 Å². The molecule has 0 fully saturated rings. The Hall–Kier alpha value is -1.14. The number of hydrogen-bond acceptors (Lipinski definition) is 4. The number of benzene rings is 1. The van der Waals surface area contributed by atoms with Crippen molar-refractivity contribution in [1.82, 2.24) is 4.90 Å². The third-order valence-electron chi connectivity index (χ3n) is 3.21. The molecule has 0 radical (unpaired) electrons. The van der Waals surface area contributed by atoms with E-state index in [9.17, 15) is 9.90 Å². The number of hydrogen-bond donors (Lipinski definition) is 2. The van der Waals surface area contributed by atoms with Crippen LogP contribution in [0.3, 0.4) is 0 Å². The molecule has 5 nitrogen and oxygen atoms in total. The first-order valence-electron chi connectivity index (χ1n) is 6.77. The molecule has 0 saturated carbocycles. The lowest BCUT2D eigenvalue weighted by Gasteiger charge is -2.26. The number of nitrogens with zero attached hydrogens (tertiary/aromatic N) is 1. The van der Waals surface area contributed by atoms with Crippen LogP contribution in [-0.4, -0.2) is 48.8 Å². The average molecular weight is 317 g/mol. The SMILES string of the molecule is CCN(CC(O)c1ccc(C)cc1)C(=O)C(N)COC.Cl. The van der Waals surface area contributed by atoms with Crippen molar-refractivity contribution in [2.45, 2.75) is 26.0 Å². The number of methoxy groups -OCH3 is 1. The first kappa shape index (κ1) is 19.9. The number of aryl methyl sites for hydroxylation is 1. The van der Waals surface area contributed by atoms with Crippen LogP contribution in [0.25, 0.3) is 0 Å². The van der Waals surface area contributed by atoms with Gasteiger partial charge in [-0.1, -0.05) is 29.8 Å². The minimum absolute atomic E-state index is 0. The average Bonchev–Trinajstić information content (AvgIpc) is 2.44. The number of nitrogens with two attached hydrogens (primary N) is 1. The first-order valence-corrected chi connectivity index (χ1v) is 6.77. The van der Waals surface area contributed by atoms with Crippen LogP contribution in [0, 0.1) is 6.92 Å². The Bertz CT molecular complexity index is 425. The third kappa shape index (κ3) is 6.01. The van der Waals surface area contributed by atoms with Gasteiger partial charge in [-0.3, -0.25) is 4.79 Å². The van der Waals surface area contributed by atoms with E-state index in [1.807, 2.05) is 38.1 Å². The molecule has 0 spiro atoms. The standard InChI is InChI=1S/C15H24N2O3.ClH/c1-4-17(15(19)13(16)10-20-3)9-14(18)12-7-5-11(2)6-8-12;/h5-8,13-14,18H,4,9-10,16H2,1-3H3;1H. The van der Waals surface area contributed by atoms with Gasteiger partial charge in [-0.15, -0.1) is 12.4 Å². The monoisotopic (exact) mass is 316 g/mol. The van der Waals surface area contributed by atoms with Gasteiger partial charge in [0, 0.05) is 13.7 Å². The molecule has 2 atom stereocenters. The zero-order valence-corrected chi connectivity index (χ0v) is 13.6. The van der Waals surface area contributed by atoms with E-state index in [2.05, 4.69) is 0 Å². The normalized spacial score (nSPS) is 13.2. The van der Waals surface area contributed by atoms with Crippen LogP contribution in [0.15, 0.2) is 24.3 Å². The summed E-state index contributed by atoms with van der Waals surface area (Å²) < 4.78 is 4.89. The van der Waals surface area contributed by atoms with Gasteiger partial charge in [0.25, 0.3) is 0 Å². The lowest BCUT2D eigenvalue weighted by Crippen LogP contribution is -2.47. The predicted octanol–water partition coefficient (Wildman–Crippen LogP) is 1.27. The van der Waals surface area contributed by atoms with Crippen LogP contribution in [-0.2, 0) is 9.53 Å². The second-order valence-electron chi connectivity index (χ2n) is 4.87. The highest BCUT2D eigenvalue weighted by atomic mass is 35.5. The lowest BCUT2D eigenvalue weighted by atomic mass is 10.1. The largest absolute Gasteiger partial charge is 0.387 e. The molecule has 0 bridgehead atoms. The highest BCUT2D eigenvalue weighted by Crippen LogP contribution is 2.15. The smallest absolute Gasteiger partial charge is 0.241 e. The van der Waals surface area contributed by atoms with Crippen LogP contribution in [0.5, 0.6) is 0 Å². The Morgan fingerprint density at radius 3 is 2.43 bits per heavy atom. The zero-order valence-electron chi connectivity index (χ0n) is 12.8. The molecule has 1 amide bonds. The predicted molar refractivity (Wildman–Crippen MR) is 85.5 cm³/mol. The van der Waals surface area contributed by atoms with Crippen molar-refractivity contribution in [3.8, 4) is 0 Å². The Labute approximate surface area is 132 Å². The summed E-state index contributed by atoms with van der Waals surface area (Å²) in [5.41, 5.74) is 7.67. The fourth-order valence-electron chi connectivity index (χ4n) is 1.96. The molecule has 1 rings (SSSR count). The van der Waals surface area contributed by atoms with Crippen molar-refractivity contribution in [1.29, 1.82) is 0 Å². The Morgan fingerprint density at radius 1 is 1.38 bits per heavy atom. The van der Waals surface area contributed by atoms with E-state index in [0.717, 1.165) is 11.1 Å². The van der Waals surface area contributed by atoms with E-state index in [0.29, 0.717) is 6.54 Å². The summed E-state index contributed by atoms with van der Waals surface area (Å²) in [6, 6.07) is 6.92. The number of halogens is 1. The molecule has 0 saturated heterocycles. The molecule has 6 heteroatoms. The van der Waals surface area contributed by atoms with Crippen LogP contribution >= 0.6 is 12.4 Å². The number of aliphatic hydroxyl groups is 1. The molecule has 0 heterocycles. The van der Waals surface area contributed by atoms with Gasteiger partial charge in [-0.25, -0.2) is 0 Å². The quantitative estimate of drug-likeness (QED) is 0.794. The molecule has 0 aliphatic carbocycles. The van der Waals surface area contributed by atoms with Crippen molar-refractivity contribution in [3.63, 3.8) is 0 Å². The Morgan fingerprint density at radius 2 is 1.95 bits per heavy atom. The van der Waals surface area contributed by atoms with E-state index in [-0.39, 0.29) is 31.5 Å². The maximum atomic E-state index is 12.1. The van der Waals surface area contributed by atoms with Crippen molar-refractivity contribution in [3.05, 3.63) is 35.4 Å². The number of ether oxygens (including phenoxy) is 1. The van der Waals surface area contributed by atoms with E-state index in [1.54, 1.807) is 4.90 Å². The van der Waals surface area contributed by atoms with Crippen molar-refractivity contribution < 1.29 is 14.6 Å². The minimum atomic E-state index is -0.714. The van der Waals surface area contributed by atoms with E-state index < -0.39 is 12.1 Å². The van der Waals surface area contributed by atoms with Gasteiger partial charge in [-0.2, -0.15) is 0 Å². The summed E-state index contributed by atoms with van der Waals surface area (Å²) in [6.45, 7) is 4.76. The molecule has 120 valence electrons. The summed E-state index contributed by atoms with van der Waals surface area (Å²) in [4.78, 5) is 13.6. The summed E-state index contributed by atoms with van der Waals surface area (Å²) in [7, 11) is 1.50. The first-order chi connectivity index (χ1) is 9.49. The summed E-state index contributed by atoms with van der Waals surface area (Å²) in [5, 5.41) is 10.2. The second-order valence-corrected chi connectivity index (χ2v) is 4.87. The fourth-order valence-corrected chi connectivity index (χ4v) is 1.96. The number of carbonyl (C=O) groups excluding carboxylic acids is 1. The highest BCUT2D eigenvalue weighted by molar-refractivity contribution is 5.85. The number of carbonyl (C=O) groups is 1. The number of rotatable bonds is 7. The van der Waals surface area contributed by atoms with Crippen LogP contribution in [0.1, 0.15) is 24.2 Å². The summed E-state index contributed by atoms with van der Waals surface area (Å²) in [6.07, 6.45) is -0.714. The molecule has 2 unspecified atom stereocenters. The maximum Gasteiger partial charge on any atom is 0.241 e. The maximum absolute atomic E-state index is 12.1. The third-order valence-corrected chi connectivity index (χ3v) is 3.21. The summed E-state index contributed by atoms with van der Waals surface area (Å²) >= 11 is 0. The van der Waals surface area contributed by atoms with Gasteiger partial charge in [0.05, 0.1) is 19.3 Å². The molecule has 0 aromatic heterocycles. The van der Waals surface area contributed by atoms with Crippen molar-refractivity contribution >= 4 is 18.3 Å². The highest BCUT2D eigenvalue weighted by Gasteiger charge is 2.22. The molecule has 0 aliphatic heterocycles. The van der Waals surface area contributed by atoms with Gasteiger partial charge < -0.3 is 20.5 Å². The van der Waals surface area contributed by atoms with Gasteiger partial charge in [0.1, 0.15) is 6.04 Å². The molecule has 21 heavy (non-hydrogen) atoms. The van der Waals surface area contributed by atoms with E-state index >= 15 is 0 Å². The van der Waals surface area contributed by atoms with E-state index in [1.165, 1.54) is 7.11 Å². The lowest BCUT2D eigenvalue weighted by molar-refractivity contribution is -0.135. The minimum Gasteiger partial charge on any atom is -0.387 e. The molecule has 1 aromatic rings. The topological polar surface area (TPSA) is 75.8 Å². The number of likely N-dealkylation sites (N-methyl/N-ethyl adjacent to an activating group) is 1. The van der Waals surface area contributed by atoms with Crippen LogP contribution in [0.2, 0.25) is 0 Å². The van der Waals surface area contributed by atoms with Gasteiger partial charge in [0.15, 0.2) is 0 Å².